The zero-order chi connectivity index (χ0) is 15.2. The molecule has 1 aromatic carbocycles. The summed E-state index contributed by atoms with van der Waals surface area (Å²) in [7, 11) is 1.85. The molecule has 4 heteroatoms. The first-order valence-corrected chi connectivity index (χ1v) is 7.48. The Kier molecular flexibility index (Phi) is 5.28. The topological polar surface area (TPSA) is 46.9 Å². The van der Waals surface area contributed by atoms with Crippen molar-refractivity contribution in [3.8, 4) is 11.3 Å². The fourth-order valence-corrected chi connectivity index (χ4v) is 2.24. The molecule has 2 rings (SSSR count). The van der Waals surface area contributed by atoms with Gasteiger partial charge in [-0.2, -0.15) is 5.10 Å². The van der Waals surface area contributed by atoms with Gasteiger partial charge in [0.2, 0.25) is 0 Å². The predicted octanol–water partition coefficient (Wildman–Crippen LogP) is 2.74. The molecule has 0 bridgehead atoms. The molecule has 0 saturated carbocycles. The molecule has 0 saturated heterocycles. The highest BCUT2D eigenvalue weighted by Gasteiger charge is 2.09. The van der Waals surface area contributed by atoms with Crippen molar-refractivity contribution in [1.82, 2.24) is 15.1 Å². The maximum Gasteiger partial charge on any atom is 0.271 e. The first kappa shape index (κ1) is 15.4. The van der Waals surface area contributed by atoms with Crippen LogP contribution < -0.4 is 10.9 Å². The van der Waals surface area contributed by atoms with Crippen LogP contribution in [0.1, 0.15) is 30.9 Å². The summed E-state index contributed by atoms with van der Waals surface area (Å²) >= 11 is 0. The molecule has 0 aliphatic heterocycles. The Hall–Kier alpha value is -1.94. The Balaban J connectivity index is 2.47. The number of rotatable bonds is 6. The van der Waals surface area contributed by atoms with E-state index < -0.39 is 0 Å². The van der Waals surface area contributed by atoms with Crippen LogP contribution in [0.15, 0.2) is 35.1 Å². The van der Waals surface area contributed by atoms with Crippen molar-refractivity contribution in [3.05, 3.63) is 51.8 Å². The molecular formula is C17H23N3O. The van der Waals surface area contributed by atoms with E-state index in [9.17, 15) is 4.79 Å². The molecule has 0 amide bonds. The number of nitrogens with one attached hydrogen (secondary N) is 1. The molecule has 0 radical (unpaired) electrons. The molecule has 0 spiro atoms. The third-order valence-electron chi connectivity index (χ3n) is 3.49. The van der Waals surface area contributed by atoms with Crippen molar-refractivity contribution >= 4 is 0 Å². The highest BCUT2D eigenvalue weighted by molar-refractivity contribution is 5.59. The second kappa shape index (κ2) is 7.18. The first-order chi connectivity index (χ1) is 10.2. The van der Waals surface area contributed by atoms with E-state index in [4.69, 9.17) is 0 Å². The van der Waals surface area contributed by atoms with Gasteiger partial charge in [0.1, 0.15) is 0 Å². The smallest absolute Gasteiger partial charge is 0.271 e. The van der Waals surface area contributed by atoms with Crippen molar-refractivity contribution in [3.63, 3.8) is 0 Å². The van der Waals surface area contributed by atoms with Crippen molar-refractivity contribution in [2.75, 3.05) is 7.05 Å². The number of aryl methyl sites for hydroxylation is 2. The Morgan fingerprint density at radius 3 is 2.57 bits per heavy atom. The van der Waals surface area contributed by atoms with E-state index in [2.05, 4.69) is 48.5 Å². The number of unbranched alkanes of at least 4 members (excludes halogenated alkanes) is 1. The number of nitrogens with zero attached hydrogens (tertiary/aromatic N) is 2. The van der Waals surface area contributed by atoms with Crippen molar-refractivity contribution in [2.45, 2.75) is 39.8 Å². The Morgan fingerprint density at radius 1 is 1.24 bits per heavy atom. The quantitative estimate of drug-likeness (QED) is 0.887. The molecule has 0 unspecified atom stereocenters. The van der Waals surface area contributed by atoms with Crippen LogP contribution in [-0.4, -0.2) is 16.8 Å². The van der Waals surface area contributed by atoms with Crippen LogP contribution in [0.5, 0.6) is 0 Å². The van der Waals surface area contributed by atoms with E-state index in [0.29, 0.717) is 13.1 Å². The molecule has 1 N–H and O–H groups in total. The summed E-state index contributed by atoms with van der Waals surface area (Å²) < 4.78 is 1.60. The molecule has 0 aliphatic rings. The van der Waals surface area contributed by atoms with Crippen LogP contribution in [0, 0.1) is 6.92 Å². The Labute approximate surface area is 125 Å². The number of hydrogen-bond acceptors (Lipinski definition) is 3. The molecule has 1 aromatic heterocycles. The normalized spacial score (nSPS) is 10.8. The van der Waals surface area contributed by atoms with Crippen LogP contribution in [0.25, 0.3) is 11.3 Å². The summed E-state index contributed by atoms with van der Waals surface area (Å²) in [5.74, 6) is 0. The molecule has 0 aliphatic carbocycles. The van der Waals surface area contributed by atoms with Crippen molar-refractivity contribution in [1.29, 1.82) is 0 Å². The summed E-state index contributed by atoms with van der Waals surface area (Å²) in [4.78, 5) is 12.4. The lowest BCUT2D eigenvalue weighted by Gasteiger charge is -2.10. The van der Waals surface area contributed by atoms with E-state index in [1.165, 1.54) is 5.56 Å². The fourth-order valence-electron chi connectivity index (χ4n) is 2.24. The minimum Gasteiger partial charge on any atom is -0.315 e. The third-order valence-corrected chi connectivity index (χ3v) is 3.49. The van der Waals surface area contributed by atoms with Crippen LogP contribution in [0.4, 0.5) is 0 Å². The molecule has 112 valence electrons. The summed E-state index contributed by atoms with van der Waals surface area (Å²) in [6.45, 7) is 5.41. The van der Waals surface area contributed by atoms with Gasteiger partial charge in [-0.1, -0.05) is 43.2 Å². The molecule has 0 atom stereocenters. The van der Waals surface area contributed by atoms with E-state index in [0.717, 1.165) is 29.7 Å². The number of benzene rings is 1. The van der Waals surface area contributed by atoms with E-state index >= 15 is 0 Å². The predicted molar refractivity (Wildman–Crippen MR) is 86.3 cm³/mol. The highest BCUT2D eigenvalue weighted by Crippen LogP contribution is 2.17. The van der Waals surface area contributed by atoms with E-state index in [-0.39, 0.29) is 5.56 Å². The summed E-state index contributed by atoms with van der Waals surface area (Å²) in [6.07, 6.45) is 2.01. The maximum atomic E-state index is 12.4. The van der Waals surface area contributed by atoms with Crippen molar-refractivity contribution < 1.29 is 0 Å². The van der Waals surface area contributed by atoms with Gasteiger partial charge in [0.25, 0.3) is 5.56 Å². The summed E-state index contributed by atoms with van der Waals surface area (Å²) in [5.41, 5.74) is 3.89. The van der Waals surface area contributed by atoms with Gasteiger partial charge in [0.15, 0.2) is 0 Å². The van der Waals surface area contributed by atoms with Crippen LogP contribution in [-0.2, 0) is 13.1 Å². The van der Waals surface area contributed by atoms with Gasteiger partial charge in [0.05, 0.1) is 5.69 Å². The average Bonchev–Trinajstić information content (AvgIpc) is 2.49. The molecular weight excluding hydrogens is 262 g/mol. The zero-order valence-corrected chi connectivity index (χ0v) is 13.0. The molecule has 2 aromatic rings. The van der Waals surface area contributed by atoms with Crippen LogP contribution in [0.3, 0.4) is 0 Å². The standard InChI is InChI=1S/C17H23N3O/c1-4-5-10-20-17(21)15(12-18-3)11-16(19-20)14-8-6-13(2)7-9-14/h6-9,11,18H,4-5,10,12H2,1-3H3. The summed E-state index contributed by atoms with van der Waals surface area (Å²) in [6, 6.07) is 10.1. The van der Waals surface area contributed by atoms with E-state index in [1.54, 1.807) is 4.68 Å². The van der Waals surface area contributed by atoms with Gasteiger partial charge in [-0.05, 0) is 26.5 Å². The van der Waals surface area contributed by atoms with Crippen molar-refractivity contribution in [2.24, 2.45) is 0 Å². The van der Waals surface area contributed by atoms with Crippen LogP contribution >= 0.6 is 0 Å². The molecule has 0 fully saturated rings. The molecule has 21 heavy (non-hydrogen) atoms. The van der Waals surface area contributed by atoms with Gasteiger partial charge < -0.3 is 5.32 Å². The summed E-state index contributed by atoms with van der Waals surface area (Å²) in [5, 5.41) is 7.58. The minimum absolute atomic E-state index is 0.00802. The highest BCUT2D eigenvalue weighted by atomic mass is 16.1. The van der Waals surface area contributed by atoms with E-state index in [1.807, 2.05) is 13.1 Å². The lowest BCUT2D eigenvalue weighted by molar-refractivity contribution is 0.538. The van der Waals surface area contributed by atoms with Crippen LogP contribution in [0.2, 0.25) is 0 Å². The lowest BCUT2D eigenvalue weighted by Crippen LogP contribution is -2.28. The number of hydrogen-bond donors (Lipinski definition) is 1. The van der Waals surface area contributed by atoms with Gasteiger partial charge in [0, 0.05) is 24.2 Å². The van der Waals surface area contributed by atoms with Gasteiger partial charge in [-0.25, -0.2) is 4.68 Å². The molecule has 1 heterocycles. The third kappa shape index (κ3) is 3.79. The molecule has 4 nitrogen and oxygen atoms in total. The number of aromatic nitrogens is 2. The second-order valence-electron chi connectivity index (χ2n) is 5.33. The fraction of sp³-hybridized carbons (Fsp3) is 0.412. The van der Waals surface area contributed by atoms with Gasteiger partial charge in [-0.15, -0.1) is 0 Å². The monoisotopic (exact) mass is 285 g/mol. The Bertz CT molecular complexity index is 644. The minimum atomic E-state index is 0.00802. The zero-order valence-electron chi connectivity index (χ0n) is 13.0. The largest absolute Gasteiger partial charge is 0.315 e. The lowest BCUT2D eigenvalue weighted by atomic mass is 10.1. The van der Waals surface area contributed by atoms with Gasteiger partial charge in [-0.3, -0.25) is 4.79 Å². The first-order valence-electron chi connectivity index (χ1n) is 7.48. The average molecular weight is 285 g/mol. The van der Waals surface area contributed by atoms with Gasteiger partial charge >= 0.3 is 0 Å². The SMILES string of the molecule is CCCCn1nc(-c2ccc(C)cc2)cc(CNC)c1=O. The second-order valence-corrected chi connectivity index (χ2v) is 5.33. The Morgan fingerprint density at radius 2 is 1.95 bits per heavy atom. The maximum absolute atomic E-state index is 12.4.